The Labute approximate surface area is 153 Å². The van der Waals surface area contributed by atoms with Crippen LogP contribution in [0.25, 0.3) is 0 Å². The van der Waals surface area contributed by atoms with Crippen LogP contribution in [0.1, 0.15) is 24.3 Å². The average molecular weight is 355 g/mol. The summed E-state index contributed by atoms with van der Waals surface area (Å²) in [5, 5.41) is 3.00. The number of pyridine rings is 1. The van der Waals surface area contributed by atoms with Crippen LogP contribution >= 0.6 is 0 Å². The van der Waals surface area contributed by atoms with E-state index in [-0.39, 0.29) is 18.1 Å². The number of hydrogen-bond acceptors (Lipinski definition) is 5. The van der Waals surface area contributed by atoms with Crippen LogP contribution in [0.5, 0.6) is 0 Å². The molecule has 0 radical (unpaired) electrons. The summed E-state index contributed by atoms with van der Waals surface area (Å²) in [4.78, 5) is 19.1. The second-order valence-corrected chi connectivity index (χ2v) is 7.12. The third-order valence-electron chi connectivity index (χ3n) is 5.29. The molecular formula is C20H25N3O3. The fourth-order valence-electron chi connectivity index (χ4n) is 3.90. The van der Waals surface area contributed by atoms with E-state index in [0.29, 0.717) is 12.5 Å². The molecule has 26 heavy (non-hydrogen) atoms. The van der Waals surface area contributed by atoms with Crippen molar-refractivity contribution < 1.29 is 13.9 Å². The number of piperidine rings is 1. The zero-order chi connectivity index (χ0) is 17.8. The van der Waals surface area contributed by atoms with Gasteiger partial charge in [0, 0.05) is 31.4 Å². The molecule has 2 aromatic heterocycles. The van der Waals surface area contributed by atoms with Gasteiger partial charge in [-0.15, -0.1) is 0 Å². The summed E-state index contributed by atoms with van der Waals surface area (Å²) in [6.07, 6.45) is 5.94. The lowest BCUT2D eigenvalue weighted by molar-refractivity contribution is -0.132. The van der Waals surface area contributed by atoms with Crippen molar-refractivity contribution in [3.05, 3.63) is 54.2 Å². The zero-order valence-corrected chi connectivity index (χ0v) is 14.8. The molecular weight excluding hydrogens is 330 g/mol. The van der Waals surface area contributed by atoms with Gasteiger partial charge in [-0.2, -0.15) is 0 Å². The average Bonchev–Trinajstić information content (AvgIpc) is 3.32. The number of aromatic nitrogens is 1. The molecule has 2 fully saturated rings. The first-order valence-electron chi connectivity index (χ1n) is 9.36. The summed E-state index contributed by atoms with van der Waals surface area (Å²) < 4.78 is 11.5. The number of rotatable bonds is 6. The number of carbonyl (C=O) groups excluding carboxylic acids is 1. The van der Waals surface area contributed by atoms with E-state index >= 15 is 0 Å². The first-order chi connectivity index (χ1) is 12.8. The highest BCUT2D eigenvalue weighted by molar-refractivity contribution is 5.81. The topological polar surface area (TPSA) is 67.6 Å². The second-order valence-electron chi connectivity index (χ2n) is 7.12. The Morgan fingerprint density at radius 1 is 1.31 bits per heavy atom. The standard InChI is InChI=1S/C20H25N3O3/c24-20(22-9-6-16-4-1-2-8-21-16)18-12-15-7-10-23(14-19(15)26-18)13-17-5-3-11-25-17/h1-5,8,11,15,18-19H,6-7,9-10,12-14H2,(H,22,24)/t15-,18+,19-/m0/s1. The van der Waals surface area contributed by atoms with Gasteiger partial charge in [0.05, 0.1) is 18.9 Å². The van der Waals surface area contributed by atoms with Crippen molar-refractivity contribution in [1.29, 1.82) is 0 Å². The lowest BCUT2D eigenvalue weighted by Gasteiger charge is -2.33. The minimum Gasteiger partial charge on any atom is -0.468 e. The molecule has 138 valence electrons. The number of likely N-dealkylation sites (tertiary alicyclic amines) is 1. The smallest absolute Gasteiger partial charge is 0.249 e. The van der Waals surface area contributed by atoms with Crippen LogP contribution in [-0.4, -0.2) is 47.6 Å². The summed E-state index contributed by atoms with van der Waals surface area (Å²) in [6.45, 7) is 3.29. The molecule has 0 aromatic carbocycles. The quantitative estimate of drug-likeness (QED) is 0.859. The number of fused-ring (bicyclic) bond motifs is 1. The monoisotopic (exact) mass is 355 g/mol. The second kappa shape index (κ2) is 8.01. The third-order valence-corrected chi connectivity index (χ3v) is 5.29. The van der Waals surface area contributed by atoms with Crippen molar-refractivity contribution in [3.63, 3.8) is 0 Å². The molecule has 0 unspecified atom stereocenters. The number of nitrogens with one attached hydrogen (secondary N) is 1. The van der Waals surface area contributed by atoms with Crippen LogP contribution in [0.2, 0.25) is 0 Å². The Hall–Kier alpha value is -2.18. The van der Waals surface area contributed by atoms with Crippen molar-refractivity contribution in [2.75, 3.05) is 19.6 Å². The SMILES string of the molecule is O=C(NCCc1ccccn1)[C@H]1C[C@@H]2CCN(Cc3ccco3)C[C@@H]2O1. The Bertz CT molecular complexity index is 704. The fourth-order valence-corrected chi connectivity index (χ4v) is 3.90. The molecule has 6 heteroatoms. The first-order valence-corrected chi connectivity index (χ1v) is 9.36. The van der Waals surface area contributed by atoms with Crippen molar-refractivity contribution in [1.82, 2.24) is 15.2 Å². The molecule has 0 saturated carbocycles. The van der Waals surface area contributed by atoms with E-state index < -0.39 is 0 Å². The maximum Gasteiger partial charge on any atom is 0.249 e. The Morgan fingerprint density at radius 2 is 2.27 bits per heavy atom. The number of furan rings is 1. The normalized spacial score (nSPS) is 25.8. The number of carbonyl (C=O) groups is 1. The molecule has 2 aliphatic heterocycles. The molecule has 2 aliphatic rings. The first kappa shape index (κ1) is 17.2. The Balaban J connectivity index is 1.23. The van der Waals surface area contributed by atoms with Gasteiger partial charge in [-0.25, -0.2) is 0 Å². The van der Waals surface area contributed by atoms with Gasteiger partial charge >= 0.3 is 0 Å². The third kappa shape index (κ3) is 4.14. The van der Waals surface area contributed by atoms with Crippen LogP contribution in [0.15, 0.2) is 47.2 Å². The molecule has 0 spiro atoms. The van der Waals surface area contributed by atoms with E-state index in [1.54, 1.807) is 12.5 Å². The lowest BCUT2D eigenvalue weighted by Crippen LogP contribution is -2.42. The molecule has 0 bridgehead atoms. The van der Waals surface area contributed by atoms with E-state index in [9.17, 15) is 4.79 Å². The van der Waals surface area contributed by atoms with Crippen LogP contribution in [0.4, 0.5) is 0 Å². The Kier molecular flexibility index (Phi) is 5.32. The number of hydrogen-bond donors (Lipinski definition) is 1. The van der Waals surface area contributed by atoms with Gasteiger partial charge in [-0.3, -0.25) is 14.7 Å². The molecule has 4 rings (SSSR count). The van der Waals surface area contributed by atoms with Crippen LogP contribution in [0.3, 0.4) is 0 Å². The van der Waals surface area contributed by atoms with Crippen molar-refractivity contribution >= 4 is 5.91 Å². The van der Waals surface area contributed by atoms with Gasteiger partial charge in [0.2, 0.25) is 5.91 Å². The van der Waals surface area contributed by atoms with Gasteiger partial charge in [0.15, 0.2) is 0 Å². The molecule has 1 N–H and O–H groups in total. The summed E-state index contributed by atoms with van der Waals surface area (Å²) in [7, 11) is 0. The van der Waals surface area contributed by atoms with Gasteiger partial charge in [0.25, 0.3) is 0 Å². The molecule has 6 nitrogen and oxygen atoms in total. The number of ether oxygens (including phenoxy) is 1. The summed E-state index contributed by atoms with van der Waals surface area (Å²) in [5.74, 6) is 1.47. The Morgan fingerprint density at radius 3 is 3.08 bits per heavy atom. The van der Waals surface area contributed by atoms with Crippen molar-refractivity contribution in [2.45, 2.75) is 38.0 Å². The molecule has 0 aliphatic carbocycles. The summed E-state index contributed by atoms with van der Waals surface area (Å²) in [5.41, 5.74) is 0.988. The van der Waals surface area contributed by atoms with Gasteiger partial charge < -0.3 is 14.5 Å². The van der Waals surface area contributed by atoms with Gasteiger partial charge in [0.1, 0.15) is 11.9 Å². The highest BCUT2D eigenvalue weighted by atomic mass is 16.5. The van der Waals surface area contributed by atoms with Gasteiger partial charge in [-0.05, 0) is 49.6 Å². The van der Waals surface area contributed by atoms with Crippen LogP contribution in [0, 0.1) is 5.92 Å². The minimum atomic E-state index is -0.322. The maximum absolute atomic E-state index is 12.4. The number of nitrogens with zero attached hydrogens (tertiary/aromatic N) is 2. The zero-order valence-electron chi connectivity index (χ0n) is 14.8. The van der Waals surface area contributed by atoms with E-state index in [4.69, 9.17) is 9.15 Å². The number of amides is 1. The highest BCUT2D eigenvalue weighted by Gasteiger charge is 2.41. The van der Waals surface area contributed by atoms with Crippen LogP contribution < -0.4 is 5.32 Å². The van der Waals surface area contributed by atoms with Crippen molar-refractivity contribution in [3.8, 4) is 0 Å². The molecule has 1 amide bonds. The molecule has 2 aromatic rings. The van der Waals surface area contributed by atoms with E-state index in [0.717, 1.165) is 50.4 Å². The fraction of sp³-hybridized carbons (Fsp3) is 0.500. The molecule has 3 atom stereocenters. The van der Waals surface area contributed by atoms with Crippen LogP contribution in [-0.2, 0) is 22.5 Å². The van der Waals surface area contributed by atoms with E-state index in [1.807, 2.05) is 30.3 Å². The van der Waals surface area contributed by atoms with E-state index in [1.165, 1.54) is 0 Å². The van der Waals surface area contributed by atoms with E-state index in [2.05, 4.69) is 15.2 Å². The van der Waals surface area contributed by atoms with Gasteiger partial charge in [-0.1, -0.05) is 6.07 Å². The molecule has 2 saturated heterocycles. The highest BCUT2D eigenvalue weighted by Crippen LogP contribution is 2.33. The van der Waals surface area contributed by atoms with Crippen molar-refractivity contribution in [2.24, 2.45) is 5.92 Å². The lowest BCUT2D eigenvalue weighted by atomic mass is 9.91. The maximum atomic E-state index is 12.4. The predicted octanol–water partition coefficient (Wildman–Crippen LogP) is 2.01. The summed E-state index contributed by atoms with van der Waals surface area (Å²) in [6, 6.07) is 9.74. The molecule has 4 heterocycles. The largest absolute Gasteiger partial charge is 0.468 e. The summed E-state index contributed by atoms with van der Waals surface area (Å²) >= 11 is 0. The minimum absolute atomic E-state index is 0.00733. The predicted molar refractivity (Wildman–Crippen MR) is 96.3 cm³/mol.